The van der Waals surface area contributed by atoms with Crippen LogP contribution < -0.4 is 9.47 Å². The van der Waals surface area contributed by atoms with Crippen molar-refractivity contribution in [2.75, 3.05) is 7.11 Å². The van der Waals surface area contributed by atoms with Crippen LogP contribution in [-0.2, 0) is 4.79 Å². The van der Waals surface area contributed by atoms with Crippen molar-refractivity contribution in [1.29, 1.82) is 0 Å². The first-order chi connectivity index (χ1) is 8.95. The van der Waals surface area contributed by atoms with Crippen molar-refractivity contribution in [2.24, 2.45) is 0 Å². The highest BCUT2D eigenvalue weighted by Gasteiger charge is 2.34. The number of carbonyl (C=O) groups excluding carboxylic acids is 1. The van der Waals surface area contributed by atoms with E-state index in [4.69, 9.17) is 9.47 Å². The SMILES string of the molecule is CCCC(C)(Oc1cc(C=O)cc(OC)c1)C(=O)O. The maximum Gasteiger partial charge on any atom is 0.347 e. The van der Waals surface area contributed by atoms with Crippen molar-refractivity contribution in [2.45, 2.75) is 32.3 Å². The third-order valence-electron chi connectivity index (χ3n) is 2.80. The van der Waals surface area contributed by atoms with Gasteiger partial charge in [0.25, 0.3) is 0 Å². The van der Waals surface area contributed by atoms with Gasteiger partial charge in [-0.1, -0.05) is 13.3 Å². The Morgan fingerprint density at radius 1 is 1.37 bits per heavy atom. The van der Waals surface area contributed by atoms with E-state index in [0.717, 1.165) is 0 Å². The second-order valence-electron chi connectivity index (χ2n) is 4.45. The predicted octanol–water partition coefficient (Wildman–Crippen LogP) is 2.53. The molecule has 0 aliphatic carbocycles. The van der Waals surface area contributed by atoms with Gasteiger partial charge in [-0.15, -0.1) is 0 Å². The third kappa shape index (κ3) is 3.71. The average molecular weight is 266 g/mol. The number of hydrogen-bond acceptors (Lipinski definition) is 4. The number of carbonyl (C=O) groups is 2. The first kappa shape index (κ1) is 15.0. The first-order valence-electron chi connectivity index (χ1n) is 6.02. The minimum Gasteiger partial charge on any atom is -0.497 e. The van der Waals surface area contributed by atoms with Crippen LogP contribution in [0.3, 0.4) is 0 Å². The molecule has 5 heteroatoms. The summed E-state index contributed by atoms with van der Waals surface area (Å²) < 4.78 is 10.6. The number of hydrogen-bond donors (Lipinski definition) is 1. The van der Waals surface area contributed by atoms with E-state index >= 15 is 0 Å². The molecule has 5 nitrogen and oxygen atoms in total. The van der Waals surface area contributed by atoms with Crippen molar-refractivity contribution in [1.82, 2.24) is 0 Å². The van der Waals surface area contributed by atoms with E-state index < -0.39 is 11.6 Å². The molecule has 0 aromatic heterocycles. The maximum atomic E-state index is 11.3. The van der Waals surface area contributed by atoms with Crippen LogP contribution in [0.2, 0.25) is 0 Å². The number of ether oxygens (including phenoxy) is 2. The van der Waals surface area contributed by atoms with E-state index in [2.05, 4.69) is 0 Å². The summed E-state index contributed by atoms with van der Waals surface area (Å²) in [6.07, 6.45) is 1.70. The summed E-state index contributed by atoms with van der Waals surface area (Å²) >= 11 is 0. The molecule has 1 aromatic carbocycles. The zero-order valence-corrected chi connectivity index (χ0v) is 11.3. The summed E-state index contributed by atoms with van der Waals surface area (Å²) in [5, 5.41) is 9.25. The molecule has 1 unspecified atom stereocenters. The van der Waals surface area contributed by atoms with Crippen molar-refractivity contribution >= 4 is 12.3 Å². The number of aliphatic carboxylic acids is 1. The molecular formula is C14H18O5. The lowest BCUT2D eigenvalue weighted by molar-refractivity contribution is -0.154. The Balaban J connectivity index is 3.08. The molecule has 0 bridgehead atoms. The van der Waals surface area contributed by atoms with Crippen molar-refractivity contribution in [3.8, 4) is 11.5 Å². The standard InChI is InChI=1S/C14H18O5/c1-4-5-14(2,13(16)17)19-12-7-10(9-15)6-11(8-12)18-3/h6-9H,4-5H2,1-3H3,(H,16,17). The zero-order chi connectivity index (χ0) is 14.5. The molecule has 19 heavy (non-hydrogen) atoms. The van der Waals surface area contributed by atoms with Crippen LogP contribution in [0.4, 0.5) is 0 Å². The molecule has 1 aromatic rings. The van der Waals surface area contributed by atoms with Gasteiger partial charge in [0.1, 0.15) is 17.8 Å². The average Bonchev–Trinajstić information content (AvgIpc) is 2.38. The van der Waals surface area contributed by atoms with Crippen molar-refractivity contribution in [3.63, 3.8) is 0 Å². The van der Waals surface area contributed by atoms with Crippen LogP contribution in [0.25, 0.3) is 0 Å². The molecule has 0 fully saturated rings. The lowest BCUT2D eigenvalue weighted by Crippen LogP contribution is -2.41. The molecule has 0 heterocycles. The van der Waals surface area contributed by atoms with E-state index in [9.17, 15) is 14.7 Å². The van der Waals surface area contributed by atoms with E-state index in [1.54, 1.807) is 12.1 Å². The molecule has 0 radical (unpaired) electrons. The van der Waals surface area contributed by atoms with Gasteiger partial charge in [-0.25, -0.2) is 4.79 Å². The highest BCUT2D eigenvalue weighted by Crippen LogP contribution is 2.27. The summed E-state index contributed by atoms with van der Waals surface area (Å²) in [6, 6.07) is 4.61. The Morgan fingerprint density at radius 2 is 2.00 bits per heavy atom. The zero-order valence-electron chi connectivity index (χ0n) is 11.3. The Bertz CT molecular complexity index is 469. The molecule has 1 rings (SSSR count). The van der Waals surface area contributed by atoms with Crippen LogP contribution in [-0.4, -0.2) is 30.1 Å². The normalized spacial score (nSPS) is 13.4. The Morgan fingerprint density at radius 3 is 2.47 bits per heavy atom. The van der Waals surface area contributed by atoms with Gasteiger partial charge in [0.05, 0.1) is 7.11 Å². The highest BCUT2D eigenvalue weighted by atomic mass is 16.5. The van der Waals surface area contributed by atoms with Gasteiger partial charge in [0.15, 0.2) is 0 Å². The van der Waals surface area contributed by atoms with Gasteiger partial charge in [0, 0.05) is 11.6 Å². The molecule has 1 N–H and O–H groups in total. The van der Waals surface area contributed by atoms with Crippen LogP contribution in [0.15, 0.2) is 18.2 Å². The molecule has 0 spiro atoms. The summed E-state index contributed by atoms with van der Waals surface area (Å²) in [7, 11) is 1.47. The number of carboxylic acid groups (broad SMARTS) is 1. The second kappa shape index (κ2) is 6.22. The largest absolute Gasteiger partial charge is 0.497 e. The van der Waals surface area contributed by atoms with Crippen LogP contribution in [0, 0.1) is 0 Å². The summed E-state index contributed by atoms with van der Waals surface area (Å²) in [4.78, 5) is 22.1. The predicted molar refractivity (Wildman–Crippen MR) is 70.0 cm³/mol. The fourth-order valence-corrected chi connectivity index (χ4v) is 1.78. The van der Waals surface area contributed by atoms with Gasteiger partial charge in [-0.05, 0) is 25.5 Å². The van der Waals surface area contributed by atoms with Crippen molar-refractivity contribution in [3.05, 3.63) is 23.8 Å². The maximum absolute atomic E-state index is 11.3. The summed E-state index contributed by atoms with van der Waals surface area (Å²) in [5.41, 5.74) is -0.944. The number of rotatable bonds is 7. The summed E-state index contributed by atoms with van der Waals surface area (Å²) in [5.74, 6) is -0.284. The Hall–Kier alpha value is -2.04. The molecule has 0 saturated heterocycles. The van der Waals surface area contributed by atoms with Gasteiger partial charge < -0.3 is 14.6 Å². The number of methoxy groups -OCH3 is 1. The molecule has 0 amide bonds. The van der Waals surface area contributed by atoms with E-state index in [-0.39, 0.29) is 0 Å². The van der Waals surface area contributed by atoms with Crippen LogP contribution in [0.5, 0.6) is 11.5 Å². The third-order valence-corrected chi connectivity index (χ3v) is 2.80. The van der Waals surface area contributed by atoms with Gasteiger partial charge in [-0.2, -0.15) is 0 Å². The molecule has 0 saturated carbocycles. The van der Waals surface area contributed by atoms with Crippen LogP contribution >= 0.6 is 0 Å². The molecule has 0 aliphatic heterocycles. The minimum absolute atomic E-state index is 0.305. The quantitative estimate of drug-likeness (QED) is 0.768. The number of benzene rings is 1. The van der Waals surface area contributed by atoms with E-state index in [1.807, 2.05) is 6.92 Å². The highest BCUT2D eigenvalue weighted by molar-refractivity contribution is 5.78. The lowest BCUT2D eigenvalue weighted by atomic mass is 10.0. The first-order valence-corrected chi connectivity index (χ1v) is 6.02. The Labute approximate surface area is 112 Å². The van der Waals surface area contributed by atoms with Crippen molar-refractivity contribution < 1.29 is 24.2 Å². The monoisotopic (exact) mass is 266 g/mol. The number of aldehydes is 1. The fourth-order valence-electron chi connectivity index (χ4n) is 1.78. The minimum atomic E-state index is -1.32. The Kier molecular flexibility index (Phi) is 4.92. The van der Waals surface area contributed by atoms with Gasteiger partial charge >= 0.3 is 5.97 Å². The topological polar surface area (TPSA) is 72.8 Å². The molecule has 0 aliphatic rings. The van der Waals surface area contributed by atoms with E-state index in [0.29, 0.717) is 36.2 Å². The van der Waals surface area contributed by atoms with E-state index in [1.165, 1.54) is 20.1 Å². The smallest absolute Gasteiger partial charge is 0.347 e. The molecule has 104 valence electrons. The second-order valence-corrected chi connectivity index (χ2v) is 4.45. The number of carboxylic acids is 1. The summed E-state index contributed by atoms with van der Waals surface area (Å²) in [6.45, 7) is 3.39. The molecule has 1 atom stereocenters. The van der Waals surface area contributed by atoms with Crippen LogP contribution in [0.1, 0.15) is 37.0 Å². The molecular weight excluding hydrogens is 248 g/mol. The van der Waals surface area contributed by atoms with Gasteiger partial charge in [0.2, 0.25) is 5.60 Å². The fraction of sp³-hybridized carbons (Fsp3) is 0.429. The lowest BCUT2D eigenvalue weighted by Gasteiger charge is -2.26. The van der Waals surface area contributed by atoms with Gasteiger partial charge in [-0.3, -0.25) is 4.79 Å².